The Morgan fingerprint density at radius 3 is 2.65 bits per heavy atom. The van der Waals surface area contributed by atoms with Crippen LogP contribution < -0.4 is 5.32 Å². The first kappa shape index (κ1) is 21.3. The number of hydrogen-bond acceptors (Lipinski definition) is 5. The Morgan fingerprint density at radius 2 is 1.87 bits per heavy atom. The number of aromatic nitrogens is 1. The summed E-state index contributed by atoms with van der Waals surface area (Å²) < 4.78 is 5.33. The van der Waals surface area contributed by atoms with Gasteiger partial charge in [0.25, 0.3) is 0 Å². The highest BCUT2D eigenvalue weighted by Crippen LogP contribution is 2.23. The summed E-state index contributed by atoms with van der Waals surface area (Å²) >= 11 is 5.90. The number of anilines is 1. The van der Waals surface area contributed by atoms with Gasteiger partial charge in [-0.05, 0) is 74.5 Å². The fraction of sp³-hybridized carbons (Fsp3) is 0.292. The zero-order chi connectivity index (χ0) is 21.6. The number of nitrogens with zero attached hydrogens (tertiary/aromatic N) is 2. The third kappa shape index (κ3) is 5.60. The lowest BCUT2D eigenvalue weighted by atomic mass is 9.89. The van der Waals surface area contributed by atoms with Gasteiger partial charge in [-0.1, -0.05) is 17.7 Å². The summed E-state index contributed by atoms with van der Waals surface area (Å²) in [5, 5.41) is 4.34. The molecule has 31 heavy (non-hydrogen) atoms. The van der Waals surface area contributed by atoms with Crippen LogP contribution in [0, 0.1) is 5.92 Å². The number of amides is 1. The van der Waals surface area contributed by atoms with Crippen LogP contribution in [0.15, 0.2) is 60.8 Å². The van der Waals surface area contributed by atoms with Crippen molar-refractivity contribution in [3.63, 3.8) is 0 Å². The van der Waals surface area contributed by atoms with E-state index in [1.165, 1.54) is 0 Å². The van der Waals surface area contributed by atoms with E-state index in [1.807, 2.05) is 24.3 Å². The van der Waals surface area contributed by atoms with Gasteiger partial charge in [0.15, 0.2) is 5.78 Å². The number of hydrogen-bond donors (Lipinski definition) is 1. The number of fused-ring (bicyclic) bond motifs is 1. The monoisotopic (exact) mass is 437 g/mol. The molecule has 6 nitrogen and oxygen atoms in total. The van der Waals surface area contributed by atoms with Crippen molar-refractivity contribution in [1.82, 2.24) is 9.88 Å². The number of carbonyl (C=O) groups excluding carboxylic acids is 2. The first-order valence-electron chi connectivity index (χ1n) is 10.4. The lowest BCUT2D eigenvalue weighted by Gasteiger charge is -2.31. The van der Waals surface area contributed by atoms with Crippen molar-refractivity contribution in [2.24, 2.45) is 5.92 Å². The average Bonchev–Trinajstić information content (AvgIpc) is 2.79. The fourth-order valence-electron chi connectivity index (χ4n) is 3.84. The number of likely N-dealkylation sites (tertiary alicyclic amines) is 1. The molecule has 0 aliphatic carbocycles. The number of nitrogens with one attached hydrogen (secondary N) is 1. The Morgan fingerprint density at radius 1 is 1.10 bits per heavy atom. The molecule has 1 aromatic heterocycles. The van der Waals surface area contributed by atoms with Crippen LogP contribution in [-0.2, 0) is 4.74 Å². The number of halogens is 1. The molecule has 1 aliphatic heterocycles. The molecular formula is C24H24ClN3O3. The Labute approximate surface area is 186 Å². The number of ketones is 1. The van der Waals surface area contributed by atoms with Gasteiger partial charge in [-0.25, -0.2) is 4.79 Å². The standard InChI is InChI=1S/C24H24ClN3O3/c25-20-5-3-17(4-6-20)23(29)18-9-12-28(13-10-18)14-15-31-24(30)27-21-7-8-22-19(16-21)2-1-11-26-22/h1-8,11,16,18H,9-10,12-15H2,(H,27,30). The first-order chi connectivity index (χ1) is 15.1. The summed E-state index contributed by atoms with van der Waals surface area (Å²) in [6, 6.07) is 16.4. The average molecular weight is 438 g/mol. The van der Waals surface area contributed by atoms with Gasteiger partial charge in [0.1, 0.15) is 6.61 Å². The highest BCUT2D eigenvalue weighted by Gasteiger charge is 2.25. The van der Waals surface area contributed by atoms with E-state index in [-0.39, 0.29) is 11.7 Å². The van der Waals surface area contributed by atoms with Crippen molar-refractivity contribution in [3.05, 3.63) is 71.4 Å². The molecule has 0 radical (unpaired) electrons. The minimum absolute atomic E-state index is 0.0315. The quantitative estimate of drug-likeness (QED) is 0.547. The van der Waals surface area contributed by atoms with Gasteiger partial charge in [-0.3, -0.25) is 20.0 Å². The van der Waals surface area contributed by atoms with Crippen molar-refractivity contribution in [3.8, 4) is 0 Å². The van der Waals surface area contributed by atoms with Crippen molar-refractivity contribution in [2.45, 2.75) is 12.8 Å². The molecule has 160 valence electrons. The van der Waals surface area contributed by atoms with Crippen LogP contribution in [-0.4, -0.2) is 48.0 Å². The van der Waals surface area contributed by atoms with Crippen molar-refractivity contribution >= 4 is 40.1 Å². The second-order valence-corrected chi connectivity index (χ2v) is 8.10. The van der Waals surface area contributed by atoms with Gasteiger partial charge in [-0.15, -0.1) is 0 Å². The molecular weight excluding hydrogens is 414 g/mol. The van der Waals surface area contributed by atoms with E-state index in [2.05, 4.69) is 15.2 Å². The zero-order valence-corrected chi connectivity index (χ0v) is 17.8. The van der Waals surface area contributed by atoms with Gasteiger partial charge in [0.05, 0.1) is 5.52 Å². The molecule has 1 aliphatic rings. The molecule has 4 rings (SSSR count). The van der Waals surface area contributed by atoms with Crippen molar-refractivity contribution in [1.29, 1.82) is 0 Å². The molecule has 2 aromatic carbocycles. The number of pyridine rings is 1. The second-order valence-electron chi connectivity index (χ2n) is 7.66. The lowest BCUT2D eigenvalue weighted by Crippen LogP contribution is -2.38. The molecule has 0 spiro atoms. The molecule has 2 heterocycles. The molecule has 1 fully saturated rings. The SMILES string of the molecule is O=C(Nc1ccc2ncccc2c1)OCCN1CCC(C(=O)c2ccc(Cl)cc2)CC1. The summed E-state index contributed by atoms with van der Waals surface area (Å²) in [4.78, 5) is 31.2. The van der Waals surface area contributed by atoms with Gasteiger partial charge in [-0.2, -0.15) is 0 Å². The maximum Gasteiger partial charge on any atom is 0.411 e. The van der Waals surface area contributed by atoms with Crippen LogP contribution >= 0.6 is 11.6 Å². The number of ether oxygens (including phenoxy) is 1. The van der Waals surface area contributed by atoms with Gasteiger partial charge in [0.2, 0.25) is 0 Å². The third-order valence-electron chi connectivity index (χ3n) is 5.58. The third-order valence-corrected chi connectivity index (χ3v) is 5.83. The van der Waals surface area contributed by atoms with Crippen molar-refractivity contribution in [2.75, 3.05) is 31.6 Å². The smallest absolute Gasteiger partial charge is 0.411 e. The van der Waals surface area contributed by atoms with Gasteiger partial charge in [0, 0.05) is 40.3 Å². The van der Waals surface area contributed by atoms with Crippen LogP contribution in [0.4, 0.5) is 10.5 Å². The van der Waals surface area contributed by atoms with E-state index in [0.29, 0.717) is 29.4 Å². The Kier molecular flexibility index (Phi) is 6.79. The van der Waals surface area contributed by atoms with E-state index >= 15 is 0 Å². The first-order valence-corrected chi connectivity index (χ1v) is 10.8. The highest BCUT2D eigenvalue weighted by molar-refractivity contribution is 6.30. The van der Waals surface area contributed by atoms with E-state index in [9.17, 15) is 9.59 Å². The van der Waals surface area contributed by atoms with E-state index in [4.69, 9.17) is 16.3 Å². The predicted molar refractivity (Wildman–Crippen MR) is 122 cm³/mol. The number of benzene rings is 2. The molecule has 3 aromatic rings. The fourth-order valence-corrected chi connectivity index (χ4v) is 3.97. The lowest BCUT2D eigenvalue weighted by molar-refractivity contribution is 0.0813. The van der Waals surface area contributed by atoms with E-state index in [0.717, 1.165) is 36.8 Å². The van der Waals surface area contributed by atoms with E-state index in [1.54, 1.807) is 36.5 Å². The summed E-state index contributed by atoms with van der Waals surface area (Å²) in [5.74, 6) is 0.210. The summed E-state index contributed by atoms with van der Waals surface area (Å²) in [7, 11) is 0. The normalized spacial score (nSPS) is 15.0. The summed E-state index contributed by atoms with van der Waals surface area (Å²) in [6.07, 6.45) is 2.87. The van der Waals surface area contributed by atoms with Gasteiger partial charge < -0.3 is 4.74 Å². The highest BCUT2D eigenvalue weighted by atomic mass is 35.5. The molecule has 0 bridgehead atoms. The maximum absolute atomic E-state index is 12.6. The minimum atomic E-state index is -0.476. The number of carbonyl (C=O) groups is 2. The van der Waals surface area contributed by atoms with Crippen LogP contribution in [0.2, 0.25) is 5.02 Å². The Balaban J connectivity index is 1.18. The van der Waals surface area contributed by atoms with E-state index < -0.39 is 6.09 Å². The van der Waals surface area contributed by atoms with Gasteiger partial charge >= 0.3 is 6.09 Å². The summed E-state index contributed by atoms with van der Waals surface area (Å²) in [6.45, 7) is 2.58. The largest absolute Gasteiger partial charge is 0.448 e. The predicted octanol–water partition coefficient (Wildman–Crippen LogP) is 5.03. The molecule has 0 saturated carbocycles. The topological polar surface area (TPSA) is 71.5 Å². The van der Waals surface area contributed by atoms with Crippen molar-refractivity contribution < 1.29 is 14.3 Å². The number of piperidine rings is 1. The number of rotatable bonds is 6. The molecule has 0 atom stereocenters. The molecule has 1 N–H and O–H groups in total. The van der Waals surface area contributed by atoms with Crippen LogP contribution in [0.3, 0.4) is 0 Å². The molecule has 1 amide bonds. The zero-order valence-electron chi connectivity index (χ0n) is 17.1. The molecule has 1 saturated heterocycles. The van der Waals surface area contributed by atoms with Crippen LogP contribution in [0.5, 0.6) is 0 Å². The molecule has 0 unspecified atom stereocenters. The minimum Gasteiger partial charge on any atom is -0.448 e. The Hall–Kier alpha value is -2.96. The van der Waals surface area contributed by atoms with Crippen LogP contribution in [0.25, 0.3) is 10.9 Å². The Bertz CT molecular complexity index is 1060. The van der Waals surface area contributed by atoms with Crippen LogP contribution in [0.1, 0.15) is 23.2 Å². The second kappa shape index (κ2) is 9.90. The number of Topliss-reactive ketones (excluding diaryl/α,β-unsaturated/α-hetero) is 1. The summed E-state index contributed by atoms with van der Waals surface area (Å²) in [5.41, 5.74) is 2.26. The molecule has 7 heteroatoms. The maximum atomic E-state index is 12.6.